The van der Waals surface area contributed by atoms with Crippen molar-refractivity contribution in [2.75, 3.05) is 26.2 Å². The largest absolute Gasteiger partial charge is 0.340 e. The van der Waals surface area contributed by atoms with Crippen molar-refractivity contribution >= 4 is 16.9 Å². The van der Waals surface area contributed by atoms with Gasteiger partial charge in [0.15, 0.2) is 0 Å². The Morgan fingerprint density at radius 3 is 2.52 bits per heavy atom. The number of rotatable bonds is 3. The van der Waals surface area contributed by atoms with E-state index in [0.717, 1.165) is 51.2 Å². The standard InChI is InChI=1S/C18H24N4O/c1-13-9-16-17(10-14(13)2)22(11-19-16)12-20-5-7-21(8-6-20)18(23)15-3-4-15/h9-11,15H,3-8,12H2,1-2H3. The van der Waals surface area contributed by atoms with Gasteiger partial charge in [0.25, 0.3) is 0 Å². The predicted molar refractivity (Wildman–Crippen MR) is 90.1 cm³/mol. The summed E-state index contributed by atoms with van der Waals surface area (Å²) in [7, 11) is 0. The molecular weight excluding hydrogens is 288 g/mol. The Morgan fingerprint density at radius 1 is 1.13 bits per heavy atom. The fraction of sp³-hybridized carbons (Fsp3) is 0.556. The van der Waals surface area contributed by atoms with E-state index < -0.39 is 0 Å². The monoisotopic (exact) mass is 312 g/mol. The third-order valence-electron chi connectivity index (χ3n) is 5.20. The fourth-order valence-corrected chi connectivity index (χ4v) is 3.34. The minimum absolute atomic E-state index is 0.338. The van der Waals surface area contributed by atoms with E-state index in [1.54, 1.807) is 0 Å². The first-order valence-corrected chi connectivity index (χ1v) is 8.55. The minimum atomic E-state index is 0.338. The van der Waals surface area contributed by atoms with Crippen molar-refractivity contribution in [3.8, 4) is 0 Å². The molecule has 1 amide bonds. The summed E-state index contributed by atoms with van der Waals surface area (Å²) in [5, 5.41) is 0. The molecule has 2 aliphatic rings. The van der Waals surface area contributed by atoms with Crippen LogP contribution in [0, 0.1) is 19.8 Å². The molecule has 0 atom stereocenters. The Labute approximate surface area is 136 Å². The summed E-state index contributed by atoms with van der Waals surface area (Å²) in [5.74, 6) is 0.717. The molecule has 23 heavy (non-hydrogen) atoms. The third kappa shape index (κ3) is 2.85. The predicted octanol–water partition coefficient (Wildman–Crippen LogP) is 2.16. The van der Waals surface area contributed by atoms with Gasteiger partial charge in [-0.3, -0.25) is 9.69 Å². The molecule has 1 saturated carbocycles. The second-order valence-electron chi connectivity index (χ2n) is 7.00. The van der Waals surface area contributed by atoms with Crippen LogP contribution < -0.4 is 0 Å². The molecule has 5 heteroatoms. The van der Waals surface area contributed by atoms with Crippen LogP contribution in [0.15, 0.2) is 18.5 Å². The molecule has 2 heterocycles. The lowest BCUT2D eigenvalue weighted by molar-refractivity contribution is -0.134. The number of amides is 1. The molecule has 1 aliphatic carbocycles. The highest BCUT2D eigenvalue weighted by Gasteiger charge is 2.34. The first-order chi connectivity index (χ1) is 11.1. The van der Waals surface area contributed by atoms with Crippen molar-refractivity contribution in [2.45, 2.75) is 33.4 Å². The molecular formula is C18H24N4O. The van der Waals surface area contributed by atoms with E-state index in [0.29, 0.717) is 11.8 Å². The van der Waals surface area contributed by atoms with Crippen LogP contribution in [0.4, 0.5) is 0 Å². The zero-order valence-corrected chi connectivity index (χ0v) is 14.0. The molecule has 4 rings (SSSR count). The highest BCUT2D eigenvalue weighted by atomic mass is 16.2. The summed E-state index contributed by atoms with van der Waals surface area (Å²) in [5.41, 5.74) is 4.86. The zero-order chi connectivity index (χ0) is 16.0. The number of imidazole rings is 1. The molecule has 1 aliphatic heterocycles. The van der Waals surface area contributed by atoms with Gasteiger partial charge in [-0.25, -0.2) is 4.98 Å². The van der Waals surface area contributed by atoms with Crippen molar-refractivity contribution in [1.29, 1.82) is 0 Å². The average Bonchev–Trinajstić information content (AvgIpc) is 3.33. The second-order valence-corrected chi connectivity index (χ2v) is 7.00. The molecule has 0 radical (unpaired) electrons. The van der Waals surface area contributed by atoms with Crippen LogP contribution in [0.1, 0.15) is 24.0 Å². The van der Waals surface area contributed by atoms with Gasteiger partial charge in [-0.1, -0.05) is 0 Å². The normalized spacial score (nSPS) is 19.5. The highest BCUT2D eigenvalue weighted by Crippen LogP contribution is 2.31. The van der Waals surface area contributed by atoms with Crippen LogP contribution in [0.5, 0.6) is 0 Å². The number of carbonyl (C=O) groups excluding carboxylic acids is 1. The van der Waals surface area contributed by atoms with Crippen LogP contribution >= 0.6 is 0 Å². The van der Waals surface area contributed by atoms with Gasteiger partial charge >= 0.3 is 0 Å². The van der Waals surface area contributed by atoms with E-state index in [-0.39, 0.29) is 0 Å². The van der Waals surface area contributed by atoms with Gasteiger partial charge < -0.3 is 9.47 Å². The van der Waals surface area contributed by atoms with Crippen LogP contribution in [0.25, 0.3) is 11.0 Å². The first-order valence-electron chi connectivity index (χ1n) is 8.55. The van der Waals surface area contributed by atoms with Gasteiger partial charge in [0.1, 0.15) is 0 Å². The van der Waals surface area contributed by atoms with Crippen LogP contribution in [0.3, 0.4) is 0 Å². The first kappa shape index (κ1) is 14.7. The minimum Gasteiger partial charge on any atom is -0.340 e. The molecule has 1 aromatic carbocycles. The van der Waals surface area contributed by atoms with Gasteiger partial charge in [0.05, 0.1) is 24.0 Å². The van der Waals surface area contributed by atoms with Crippen LogP contribution in [0.2, 0.25) is 0 Å². The lowest BCUT2D eigenvalue weighted by Gasteiger charge is -2.35. The SMILES string of the molecule is Cc1cc2ncn(CN3CCN(C(=O)C4CC4)CC3)c2cc1C. The van der Waals surface area contributed by atoms with Gasteiger partial charge in [0, 0.05) is 32.1 Å². The Morgan fingerprint density at radius 2 is 1.83 bits per heavy atom. The number of aromatic nitrogens is 2. The van der Waals surface area contributed by atoms with Crippen molar-refractivity contribution in [3.63, 3.8) is 0 Å². The van der Waals surface area contributed by atoms with E-state index in [2.05, 4.69) is 40.4 Å². The van der Waals surface area contributed by atoms with Crippen LogP contribution in [-0.2, 0) is 11.5 Å². The van der Waals surface area contributed by atoms with Gasteiger partial charge in [-0.15, -0.1) is 0 Å². The maximum absolute atomic E-state index is 12.1. The number of hydrogen-bond acceptors (Lipinski definition) is 3. The summed E-state index contributed by atoms with van der Waals surface area (Å²) in [4.78, 5) is 21.1. The molecule has 0 N–H and O–H groups in total. The molecule has 0 spiro atoms. The molecule has 1 aromatic heterocycles. The summed E-state index contributed by atoms with van der Waals surface area (Å²) >= 11 is 0. The van der Waals surface area contributed by atoms with Crippen molar-refractivity contribution in [2.24, 2.45) is 5.92 Å². The molecule has 5 nitrogen and oxygen atoms in total. The number of fused-ring (bicyclic) bond motifs is 1. The molecule has 0 unspecified atom stereocenters. The Bertz CT molecular complexity index is 739. The topological polar surface area (TPSA) is 41.4 Å². The van der Waals surface area contributed by atoms with Crippen molar-refractivity contribution in [3.05, 3.63) is 29.6 Å². The number of nitrogens with zero attached hydrogens (tertiary/aromatic N) is 4. The van der Waals surface area contributed by atoms with E-state index in [9.17, 15) is 4.79 Å². The zero-order valence-electron chi connectivity index (χ0n) is 14.0. The number of benzene rings is 1. The lowest BCUT2D eigenvalue weighted by Crippen LogP contribution is -2.49. The van der Waals surface area contributed by atoms with Crippen molar-refractivity contribution in [1.82, 2.24) is 19.4 Å². The number of hydrogen-bond donors (Lipinski definition) is 0. The van der Waals surface area contributed by atoms with Gasteiger partial charge in [-0.2, -0.15) is 0 Å². The quantitative estimate of drug-likeness (QED) is 0.872. The molecule has 0 bridgehead atoms. The maximum atomic E-state index is 12.1. The van der Waals surface area contributed by atoms with Crippen LogP contribution in [-0.4, -0.2) is 51.4 Å². The summed E-state index contributed by atoms with van der Waals surface area (Å²) in [6.45, 7) is 8.74. The Hall–Kier alpha value is -1.88. The third-order valence-corrected chi connectivity index (χ3v) is 5.20. The second kappa shape index (κ2) is 5.64. The maximum Gasteiger partial charge on any atom is 0.225 e. The summed E-state index contributed by atoms with van der Waals surface area (Å²) < 4.78 is 2.22. The lowest BCUT2D eigenvalue weighted by atomic mass is 10.1. The molecule has 1 saturated heterocycles. The Balaban J connectivity index is 1.43. The van der Waals surface area contributed by atoms with E-state index in [1.165, 1.54) is 16.6 Å². The number of piperazine rings is 1. The van der Waals surface area contributed by atoms with Gasteiger partial charge in [-0.05, 0) is 49.9 Å². The molecule has 2 fully saturated rings. The van der Waals surface area contributed by atoms with E-state index in [1.807, 2.05) is 11.2 Å². The molecule has 2 aromatic rings. The smallest absolute Gasteiger partial charge is 0.225 e. The summed E-state index contributed by atoms with van der Waals surface area (Å²) in [6, 6.07) is 4.39. The molecule has 122 valence electrons. The number of aryl methyl sites for hydroxylation is 2. The average molecular weight is 312 g/mol. The highest BCUT2D eigenvalue weighted by molar-refractivity contribution is 5.81. The van der Waals surface area contributed by atoms with Crippen molar-refractivity contribution < 1.29 is 4.79 Å². The van der Waals surface area contributed by atoms with Gasteiger partial charge in [0.2, 0.25) is 5.91 Å². The van der Waals surface area contributed by atoms with E-state index in [4.69, 9.17) is 0 Å². The Kier molecular flexibility index (Phi) is 3.60. The summed E-state index contributed by atoms with van der Waals surface area (Å²) in [6.07, 6.45) is 4.13. The van der Waals surface area contributed by atoms with E-state index >= 15 is 0 Å². The fourth-order valence-electron chi connectivity index (χ4n) is 3.34. The number of carbonyl (C=O) groups is 1.